The van der Waals surface area contributed by atoms with Gasteiger partial charge in [0.15, 0.2) is 0 Å². The normalized spacial score (nSPS) is 10.9. The number of rotatable bonds is 1. The Morgan fingerprint density at radius 1 is 1.11 bits per heavy atom. The molecule has 0 saturated carbocycles. The highest BCUT2D eigenvalue weighted by Crippen LogP contribution is 2.22. The molecule has 0 unspecified atom stereocenters. The van der Waals surface area contributed by atoms with Crippen LogP contribution in [0, 0.1) is 0 Å². The fourth-order valence-electron chi connectivity index (χ4n) is 1.76. The molecule has 3 rings (SSSR count). The molecule has 2 heterocycles. The fourth-order valence-corrected chi connectivity index (χ4v) is 2.11. The lowest BCUT2D eigenvalue weighted by Gasteiger charge is -2.05. The van der Waals surface area contributed by atoms with Crippen molar-refractivity contribution in [3.8, 4) is 5.82 Å². The van der Waals surface area contributed by atoms with Crippen molar-refractivity contribution >= 4 is 38.7 Å². The van der Waals surface area contributed by atoms with Crippen LogP contribution in [0.25, 0.3) is 16.9 Å². The van der Waals surface area contributed by atoms with Gasteiger partial charge < -0.3 is 11.5 Å². The van der Waals surface area contributed by atoms with E-state index in [1.807, 2.05) is 22.8 Å². The summed E-state index contributed by atoms with van der Waals surface area (Å²) in [5, 5.41) is 0. The molecular formula is C11H9BrN6. The lowest BCUT2D eigenvalue weighted by molar-refractivity contribution is 1.01. The van der Waals surface area contributed by atoms with Gasteiger partial charge in [0.25, 0.3) is 0 Å². The maximum Gasteiger partial charge on any atom is 0.223 e. The minimum absolute atomic E-state index is 0.141. The maximum absolute atomic E-state index is 5.67. The molecule has 0 fully saturated rings. The van der Waals surface area contributed by atoms with Gasteiger partial charge in [-0.2, -0.15) is 9.97 Å². The summed E-state index contributed by atoms with van der Waals surface area (Å²) >= 11 is 3.43. The van der Waals surface area contributed by atoms with E-state index in [4.69, 9.17) is 11.5 Å². The minimum atomic E-state index is 0.141. The number of benzene rings is 1. The third kappa shape index (κ3) is 1.78. The van der Waals surface area contributed by atoms with Crippen LogP contribution in [0.5, 0.6) is 0 Å². The number of hydrogen-bond acceptors (Lipinski definition) is 5. The molecule has 7 heteroatoms. The molecule has 6 nitrogen and oxygen atoms in total. The molecule has 0 atom stereocenters. The van der Waals surface area contributed by atoms with Crippen molar-refractivity contribution in [1.82, 2.24) is 19.5 Å². The Morgan fingerprint density at radius 3 is 2.72 bits per heavy atom. The van der Waals surface area contributed by atoms with E-state index in [2.05, 4.69) is 30.9 Å². The molecule has 0 spiro atoms. The lowest BCUT2D eigenvalue weighted by Crippen LogP contribution is -2.04. The molecule has 0 saturated heterocycles. The van der Waals surface area contributed by atoms with Gasteiger partial charge in [0.1, 0.15) is 18.0 Å². The van der Waals surface area contributed by atoms with E-state index in [9.17, 15) is 0 Å². The summed E-state index contributed by atoms with van der Waals surface area (Å²) in [6.07, 6.45) is 1.68. The molecule has 0 radical (unpaired) electrons. The SMILES string of the molecule is Nc1cc(-n2cnc3ccc(Br)cc32)nc(N)n1. The topological polar surface area (TPSA) is 95.6 Å². The quantitative estimate of drug-likeness (QED) is 0.714. The van der Waals surface area contributed by atoms with E-state index < -0.39 is 0 Å². The van der Waals surface area contributed by atoms with Crippen LogP contribution in [0.3, 0.4) is 0 Å². The Hall–Kier alpha value is -2.15. The second-order valence-electron chi connectivity index (χ2n) is 3.76. The molecule has 0 aliphatic heterocycles. The number of hydrogen-bond donors (Lipinski definition) is 2. The first kappa shape index (κ1) is 11.0. The van der Waals surface area contributed by atoms with Crippen molar-refractivity contribution in [2.45, 2.75) is 0 Å². The zero-order valence-electron chi connectivity index (χ0n) is 9.21. The van der Waals surface area contributed by atoms with Gasteiger partial charge in [0.2, 0.25) is 5.95 Å². The Labute approximate surface area is 111 Å². The summed E-state index contributed by atoms with van der Waals surface area (Å²) in [4.78, 5) is 12.3. The van der Waals surface area contributed by atoms with Crippen molar-refractivity contribution in [2.24, 2.45) is 0 Å². The first-order valence-corrected chi connectivity index (χ1v) is 5.96. The third-order valence-corrected chi connectivity index (χ3v) is 3.00. The smallest absolute Gasteiger partial charge is 0.223 e. The number of imidazole rings is 1. The average molecular weight is 305 g/mol. The Bertz CT molecular complexity index is 715. The van der Waals surface area contributed by atoms with Gasteiger partial charge in [-0.05, 0) is 18.2 Å². The highest BCUT2D eigenvalue weighted by molar-refractivity contribution is 9.10. The molecule has 4 N–H and O–H groups in total. The monoisotopic (exact) mass is 304 g/mol. The van der Waals surface area contributed by atoms with Crippen LogP contribution in [-0.2, 0) is 0 Å². The van der Waals surface area contributed by atoms with Gasteiger partial charge in [-0.15, -0.1) is 0 Å². The fraction of sp³-hybridized carbons (Fsp3) is 0. The zero-order valence-corrected chi connectivity index (χ0v) is 10.8. The number of nitrogens with two attached hydrogens (primary N) is 2. The van der Waals surface area contributed by atoms with Gasteiger partial charge in [-0.3, -0.25) is 4.57 Å². The summed E-state index contributed by atoms with van der Waals surface area (Å²) < 4.78 is 2.78. The van der Waals surface area contributed by atoms with Crippen molar-refractivity contribution in [1.29, 1.82) is 0 Å². The van der Waals surface area contributed by atoms with Gasteiger partial charge in [-0.25, -0.2) is 4.98 Å². The summed E-state index contributed by atoms with van der Waals surface area (Å²) in [6.45, 7) is 0. The molecule has 3 aromatic rings. The summed E-state index contributed by atoms with van der Waals surface area (Å²) in [6, 6.07) is 7.46. The minimum Gasteiger partial charge on any atom is -0.383 e. The number of fused-ring (bicyclic) bond motifs is 1. The van der Waals surface area contributed by atoms with Crippen molar-refractivity contribution in [2.75, 3.05) is 11.5 Å². The van der Waals surface area contributed by atoms with Gasteiger partial charge in [0.05, 0.1) is 11.0 Å². The van der Waals surface area contributed by atoms with Crippen molar-refractivity contribution in [3.05, 3.63) is 35.1 Å². The second-order valence-corrected chi connectivity index (χ2v) is 4.67. The zero-order chi connectivity index (χ0) is 12.7. The van der Waals surface area contributed by atoms with Crippen LogP contribution in [0.2, 0.25) is 0 Å². The molecule has 0 bridgehead atoms. The molecule has 2 aromatic heterocycles. The molecule has 90 valence electrons. The van der Waals surface area contributed by atoms with Crippen molar-refractivity contribution < 1.29 is 0 Å². The first-order chi connectivity index (χ1) is 8.63. The van der Waals surface area contributed by atoms with Gasteiger partial charge in [0, 0.05) is 10.5 Å². The standard InChI is InChI=1S/C11H9BrN6/c12-6-1-2-7-8(3-6)18(5-15-7)10-4-9(13)16-11(14)17-10/h1-5H,(H4,13,14,16,17). The molecular weight excluding hydrogens is 296 g/mol. The van der Waals surface area contributed by atoms with Crippen LogP contribution in [-0.4, -0.2) is 19.5 Å². The van der Waals surface area contributed by atoms with E-state index in [1.165, 1.54) is 0 Å². The Morgan fingerprint density at radius 2 is 1.94 bits per heavy atom. The van der Waals surface area contributed by atoms with Gasteiger partial charge >= 0.3 is 0 Å². The highest BCUT2D eigenvalue weighted by Gasteiger charge is 2.08. The summed E-state index contributed by atoms with van der Waals surface area (Å²) in [5.41, 5.74) is 13.0. The lowest BCUT2D eigenvalue weighted by atomic mass is 10.3. The average Bonchev–Trinajstić information content (AvgIpc) is 2.70. The molecule has 1 aromatic carbocycles. The first-order valence-electron chi connectivity index (χ1n) is 5.16. The predicted molar refractivity (Wildman–Crippen MR) is 73.2 cm³/mol. The van der Waals surface area contributed by atoms with Crippen LogP contribution in [0.1, 0.15) is 0 Å². The van der Waals surface area contributed by atoms with Gasteiger partial charge in [-0.1, -0.05) is 15.9 Å². The van der Waals surface area contributed by atoms with Crippen LogP contribution < -0.4 is 11.5 Å². The summed E-state index contributed by atoms with van der Waals surface area (Å²) in [5.74, 6) is 1.07. The number of anilines is 2. The van der Waals surface area contributed by atoms with E-state index >= 15 is 0 Å². The molecule has 18 heavy (non-hydrogen) atoms. The molecule has 0 amide bonds. The van der Waals surface area contributed by atoms with Crippen molar-refractivity contribution in [3.63, 3.8) is 0 Å². The van der Waals surface area contributed by atoms with Crippen LogP contribution in [0.15, 0.2) is 35.1 Å². The maximum atomic E-state index is 5.67. The number of halogens is 1. The largest absolute Gasteiger partial charge is 0.383 e. The Kier molecular flexibility index (Phi) is 2.41. The second kappa shape index (κ2) is 3.95. The number of nitrogen functional groups attached to an aromatic ring is 2. The van der Waals surface area contributed by atoms with Crippen LogP contribution >= 0.6 is 15.9 Å². The van der Waals surface area contributed by atoms with E-state index in [-0.39, 0.29) is 5.95 Å². The molecule has 0 aliphatic carbocycles. The van der Waals surface area contributed by atoms with E-state index in [0.717, 1.165) is 15.5 Å². The third-order valence-electron chi connectivity index (χ3n) is 2.51. The van der Waals surface area contributed by atoms with E-state index in [1.54, 1.807) is 12.4 Å². The molecule has 0 aliphatic rings. The van der Waals surface area contributed by atoms with E-state index in [0.29, 0.717) is 11.6 Å². The summed E-state index contributed by atoms with van der Waals surface area (Å²) in [7, 11) is 0. The number of aromatic nitrogens is 4. The highest BCUT2D eigenvalue weighted by atomic mass is 79.9. The predicted octanol–water partition coefficient (Wildman–Crippen LogP) is 1.74. The Balaban J connectivity index is 2.27. The van der Waals surface area contributed by atoms with Crippen LogP contribution in [0.4, 0.5) is 11.8 Å². The number of nitrogens with zero attached hydrogens (tertiary/aromatic N) is 4.